The maximum absolute atomic E-state index is 12.3. The summed E-state index contributed by atoms with van der Waals surface area (Å²) in [5, 5.41) is 4.58. The molecule has 4 nitrogen and oxygen atoms in total. The first-order chi connectivity index (χ1) is 12.6. The SMILES string of the molecule is Cc1ccc(CCC2CCN(C(=O)CNC(=O)c3cccs3)CC2)cc1. The molecule has 0 radical (unpaired) electrons. The van der Waals surface area contributed by atoms with E-state index in [1.54, 1.807) is 6.07 Å². The summed E-state index contributed by atoms with van der Waals surface area (Å²) in [6.07, 6.45) is 4.39. The van der Waals surface area contributed by atoms with E-state index in [0.29, 0.717) is 10.8 Å². The number of nitrogens with zero attached hydrogens (tertiary/aromatic N) is 1. The number of likely N-dealkylation sites (tertiary alicyclic amines) is 1. The molecule has 138 valence electrons. The highest BCUT2D eigenvalue weighted by Crippen LogP contribution is 2.22. The fraction of sp³-hybridized carbons (Fsp3) is 0.429. The van der Waals surface area contributed by atoms with Crippen molar-refractivity contribution >= 4 is 23.2 Å². The Kier molecular flexibility index (Phi) is 6.45. The zero-order valence-corrected chi connectivity index (χ0v) is 16.1. The summed E-state index contributed by atoms with van der Waals surface area (Å²) in [6, 6.07) is 12.4. The average molecular weight is 371 g/mol. The second-order valence-electron chi connectivity index (χ2n) is 7.01. The molecule has 3 rings (SSSR count). The first-order valence-corrected chi connectivity index (χ1v) is 10.1. The number of thiophene rings is 1. The number of rotatable bonds is 6. The van der Waals surface area contributed by atoms with E-state index < -0.39 is 0 Å². The number of amides is 2. The topological polar surface area (TPSA) is 49.4 Å². The van der Waals surface area contributed by atoms with E-state index in [0.717, 1.165) is 32.4 Å². The second-order valence-corrected chi connectivity index (χ2v) is 7.96. The molecule has 2 amide bonds. The molecule has 1 aromatic heterocycles. The number of hydrogen-bond donors (Lipinski definition) is 1. The number of benzene rings is 1. The average Bonchev–Trinajstić information content (AvgIpc) is 3.21. The van der Waals surface area contributed by atoms with Gasteiger partial charge in [-0.15, -0.1) is 11.3 Å². The van der Waals surface area contributed by atoms with Crippen molar-refractivity contribution in [1.82, 2.24) is 10.2 Å². The van der Waals surface area contributed by atoms with Gasteiger partial charge < -0.3 is 10.2 Å². The minimum absolute atomic E-state index is 0.0203. The first kappa shape index (κ1) is 18.6. The van der Waals surface area contributed by atoms with E-state index >= 15 is 0 Å². The Bertz CT molecular complexity index is 717. The van der Waals surface area contributed by atoms with Crippen LogP contribution in [0.5, 0.6) is 0 Å². The predicted molar refractivity (Wildman–Crippen MR) is 105 cm³/mol. The van der Waals surface area contributed by atoms with Gasteiger partial charge in [0.2, 0.25) is 5.91 Å². The highest BCUT2D eigenvalue weighted by atomic mass is 32.1. The minimum Gasteiger partial charge on any atom is -0.342 e. The largest absolute Gasteiger partial charge is 0.342 e. The first-order valence-electron chi connectivity index (χ1n) is 9.27. The van der Waals surface area contributed by atoms with Gasteiger partial charge >= 0.3 is 0 Å². The maximum atomic E-state index is 12.3. The fourth-order valence-electron chi connectivity index (χ4n) is 3.36. The van der Waals surface area contributed by atoms with Crippen molar-refractivity contribution in [1.29, 1.82) is 0 Å². The van der Waals surface area contributed by atoms with Crippen molar-refractivity contribution in [2.24, 2.45) is 5.92 Å². The molecule has 1 saturated heterocycles. The monoisotopic (exact) mass is 370 g/mol. The number of nitrogens with one attached hydrogen (secondary N) is 1. The van der Waals surface area contributed by atoms with E-state index in [2.05, 4.69) is 36.5 Å². The molecule has 26 heavy (non-hydrogen) atoms. The summed E-state index contributed by atoms with van der Waals surface area (Å²) in [5.41, 5.74) is 2.69. The van der Waals surface area contributed by atoms with Gasteiger partial charge in [-0.25, -0.2) is 0 Å². The molecule has 2 aromatic rings. The van der Waals surface area contributed by atoms with Crippen LogP contribution in [0, 0.1) is 12.8 Å². The molecular weight excluding hydrogens is 344 g/mol. The van der Waals surface area contributed by atoms with Crippen LogP contribution in [0.1, 0.15) is 40.1 Å². The molecule has 0 unspecified atom stereocenters. The van der Waals surface area contributed by atoms with Gasteiger partial charge in [-0.05, 0) is 55.5 Å². The lowest BCUT2D eigenvalue weighted by molar-refractivity contribution is -0.131. The van der Waals surface area contributed by atoms with E-state index in [9.17, 15) is 9.59 Å². The molecule has 0 bridgehead atoms. The summed E-state index contributed by atoms with van der Waals surface area (Å²) in [5.74, 6) is 0.536. The lowest BCUT2D eigenvalue weighted by Crippen LogP contribution is -2.44. The highest BCUT2D eigenvalue weighted by Gasteiger charge is 2.23. The number of carbonyl (C=O) groups is 2. The Labute approximate surface area is 159 Å². The molecule has 1 aromatic carbocycles. The van der Waals surface area contributed by atoms with Crippen LogP contribution >= 0.6 is 11.3 Å². The van der Waals surface area contributed by atoms with Gasteiger partial charge in [0, 0.05) is 13.1 Å². The molecule has 0 aliphatic carbocycles. The van der Waals surface area contributed by atoms with Gasteiger partial charge in [0.15, 0.2) is 0 Å². The Morgan fingerprint density at radius 3 is 2.54 bits per heavy atom. The minimum atomic E-state index is -0.165. The Hall–Kier alpha value is -2.14. The van der Waals surface area contributed by atoms with Crippen LogP contribution in [0.4, 0.5) is 0 Å². The third kappa shape index (κ3) is 5.18. The summed E-state index contributed by atoms with van der Waals surface area (Å²) >= 11 is 1.39. The van der Waals surface area contributed by atoms with Gasteiger partial charge in [-0.1, -0.05) is 35.9 Å². The van der Waals surface area contributed by atoms with Gasteiger partial charge in [-0.2, -0.15) is 0 Å². The Morgan fingerprint density at radius 1 is 1.15 bits per heavy atom. The summed E-state index contributed by atoms with van der Waals surface area (Å²) in [4.78, 5) is 26.8. The number of aryl methyl sites for hydroxylation is 2. The Morgan fingerprint density at radius 2 is 1.88 bits per heavy atom. The van der Waals surface area contributed by atoms with Gasteiger partial charge in [0.1, 0.15) is 0 Å². The highest BCUT2D eigenvalue weighted by molar-refractivity contribution is 7.12. The number of piperidine rings is 1. The summed E-state index contributed by atoms with van der Waals surface area (Å²) in [7, 11) is 0. The van der Waals surface area contributed by atoms with Crippen molar-refractivity contribution in [3.8, 4) is 0 Å². The predicted octanol–water partition coefficient (Wildman–Crippen LogP) is 3.66. The third-order valence-corrected chi connectivity index (χ3v) is 5.94. The lowest BCUT2D eigenvalue weighted by atomic mass is 9.90. The second kappa shape index (κ2) is 8.99. The Balaban J connectivity index is 1.36. The molecule has 1 N–H and O–H groups in total. The van der Waals surface area contributed by atoms with E-state index in [1.807, 2.05) is 16.3 Å². The number of carbonyl (C=O) groups excluding carboxylic acids is 2. The normalized spacial score (nSPS) is 15.0. The van der Waals surface area contributed by atoms with Crippen LogP contribution in [0.15, 0.2) is 41.8 Å². The standard InChI is InChI=1S/C21H26N2O2S/c1-16-4-6-17(7-5-16)8-9-18-10-12-23(13-11-18)20(24)15-22-21(25)19-3-2-14-26-19/h2-7,14,18H,8-13,15H2,1H3,(H,22,25). The van der Waals surface area contributed by atoms with Crippen LogP contribution < -0.4 is 5.32 Å². The van der Waals surface area contributed by atoms with Gasteiger partial charge in [0.05, 0.1) is 11.4 Å². The van der Waals surface area contributed by atoms with Crippen molar-refractivity contribution in [3.05, 3.63) is 57.8 Å². The van der Waals surface area contributed by atoms with Gasteiger partial charge in [-0.3, -0.25) is 9.59 Å². The fourth-order valence-corrected chi connectivity index (χ4v) is 4.00. The van der Waals surface area contributed by atoms with E-state index in [4.69, 9.17) is 0 Å². The van der Waals surface area contributed by atoms with Crippen LogP contribution in [-0.4, -0.2) is 36.3 Å². The van der Waals surface area contributed by atoms with Gasteiger partial charge in [0.25, 0.3) is 5.91 Å². The van der Waals surface area contributed by atoms with Crippen LogP contribution in [0.25, 0.3) is 0 Å². The third-order valence-electron chi connectivity index (χ3n) is 5.07. The van der Waals surface area contributed by atoms with Crippen molar-refractivity contribution in [2.75, 3.05) is 19.6 Å². The van der Waals surface area contributed by atoms with Crippen LogP contribution in [-0.2, 0) is 11.2 Å². The quantitative estimate of drug-likeness (QED) is 0.844. The molecule has 0 atom stereocenters. The molecule has 1 fully saturated rings. The lowest BCUT2D eigenvalue weighted by Gasteiger charge is -2.32. The van der Waals surface area contributed by atoms with Crippen LogP contribution in [0.3, 0.4) is 0 Å². The zero-order valence-electron chi connectivity index (χ0n) is 15.2. The van der Waals surface area contributed by atoms with Crippen LogP contribution in [0.2, 0.25) is 0 Å². The molecule has 1 aliphatic heterocycles. The maximum Gasteiger partial charge on any atom is 0.261 e. The zero-order chi connectivity index (χ0) is 18.4. The summed E-state index contributed by atoms with van der Waals surface area (Å²) < 4.78 is 0. The summed E-state index contributed by atoms with van der Waals surface area (Å²) in [6.45, 7) is 3.79. The molecule has 0 saturated carbocycles. The number of hydrogen-bond acceptors (Lipinski definition) is 3. The molecule has 0 spiro atoms. The van der Waals surface area contributed by atoms with Crippen molar-refractivity contribution < 1.29 is 9.59 Å². The molecule has 1 aliphatic rings. The van der Waals surface area contributed by atoms with E-state index in [1.165, 1.54) is 28.9 Å². The van der Waals surface area contributed by atoms with Crippen molar-refractivity contribution in [2.45, 2.75) is 32.6 Å². The molecule has 2 heterocycles. The molecular formula is C21H26N2O2S. The van der Waals surface area contributed by atoms with E-state index in [-0.39, 0.29) is 18.4 Å². The molecule has 5 heteroatoms. The van der Waals surface area contributed by atoms with Crippen molar-refractivity contribution in [3.63, 3.8) is 0 Å². The smallest absolute Gasteiger partial charge is 0.261 e.